The zero-order valence-corrected chi connectivity index (χ0v) is 11.3. The highest BCUT2D eigenvalue weighted by Crippen LogP contribution is 2.42. The van der Waals surface area contributed by atoms with E-state index in [1.165, 1.54) is 25.7 Å². The number of Topliss-reactive ketones (excluding diaryl/α,β-unsaturated/α-hetero) is 1. The van der Waals surface area contributed by atoms with E-state index in [1.807, 2.05) is 0 Å². The maximum atomic E-state index is 12.2. The van der Waals surface area contributed by atoms with Crippen LogP contribution in [0.15, 0.2) is 0 Å². The molecule has 0 heterocycles. The third-order valence-corrected chi connectivity index (χ3v) is 3.96. The summed E-state index contributed by atoms with van der Waals surface area (Å²) < 4.78 is 0. The minimum Gasteiger partial charge on any atom is -0.299 e. The fraction of sp³-hybridized carbons (Fsp3) is 0.933. The summed E-state index contributed by atoms with van der Waals surface area (Å²) in [6.07, 6.45) is 10.5. The minimum atomic E-state index is 0.0710. The number of carbonyl (C=O) groups excluding carboxylic acids is 1. The van der Waals surface area contributed by atoms with Crippen molar-refractivity contribution in [2.45, 2.75) is 78.6 Å². The van der Waals surface area contributed by atoms with E-state index in [0.29, 0.717) is 11.7 Å². The van der Waals surface area contributed by atoms with Crippen molar-refractivity contribution < 1.29 is 4.79 Å². The molecule has 0 aromatic rings. The van der Waals surface area contributed by atoms with Gasteiger partial charge in [0.05, 0.1) is 0 Å². The van der Waals surface area contributed by atoms with Gasteiger partial charge in [0.1, 0.15) is 5.78 Å². The van der Waals surface area contributed by atoms with Crippen LogP contribution in [0.2, 0.25) is 0 Å². The van der Waals surface area contributed by atoms with Gasteiger partial charge in [-0.3, -0.25) is 4.79 Å². The van der Waals surface area contributed by atoms with Crippen molar-refractivity contribution in [1.29, 1.82) is 0 Å². The zero-order chi connectivity index (χ0) is 12.0. The first-order chi connectivity index (χ1) is 7.60. The number of hydrogen-bond acceptors (Lipinski definition) is 1. The van der Waals surface area contributed by atoms with Crippen molar-refractivity contribution in [3.63, 3.8) is 0 Å². The van der Waals surface area contributed by atoms with Gasteiger partial charge in [0.25, 0.3) is 0 Å². The van der Waals surface area contributed by atoms with Gasteiger partial charge in [-0.15, -0.1) is 0 Å². The molecule has 0 aromatic carbocycles. The number of rotatable bonds is 6. The van der Waals surface area contributed by atoms with E-state index in [4.69, 9.17) is 0 Å². The van der Waals surface area contributed by atoms with Crippen LogP contribution >= 0.6 is 0 Å². The Balaban J connectivity index is 2.62. The summed E-state index contributed by atoms with van der Waals surface area (Å²) in [7, 11) is 0. The molecule has 0 saturated heterocycles. The van der Waals surface area contributed by atoms with Crippen molar-refractivity contribution >= 4 is 5.78 Å². The van der Waals surface area contributed by atoms with Gasteiger partial charge in [-0.2, -0.15) is 0 Å². The predicted octanol–water partition coefficient (Wildman–Crippen LogP) is 4.74. The predicted molar refractivity (Wildman–Crippen MR) is 69.5 cm³/mol. The molecule has 1 rings (SSSR count). The average molecular weight is 224 g/mol. The van der Waals surface area contributed by atoms with E-state index in [-0.39, 0.29) is 5.41 Å². The van der Waals surface area contributed by atoms with E-state index >= 15 is 0 Å². The molecule has 1 aliphatic carbocycles. The molecule has 0 N–H and O–H groups in total. The Morgan fingerprint density at radius 2 is 2.00 bits per heavy atom. The summed E-state index contributed by atoms with van der Waals surface area (Å²) in [4.78, 5) is 12.2. The molecular formula is C15H28O. The van der Waals surface area contributed by atoms with E-state index in [9.17, 15) is 4.79 Å². The van der Waals surface area contributed by atoms with Crippen LogP contribution in [0.4, 0.5) is 0 Å². The highest BCUT2D eigenvalue weighted by molar-refractivity contribution is 5.85. The lowest BCUT2D eigenvalue weighted by Crippen LogP contribution is -2.35. The lowest BCUT2D eigenvalue weighted by atomic mass is 9.66. The van der Waals surface area contributed by atoms with Gasteiger partial charge in [-0.25, -0.2) is 0 Å². The monoisotopic (exact) mass is 224 g/mol. The molecule has 0 spiro atoms. The summed E-state index contributed by atoms with van der Waals surface area (Å²) in [5, 5.41) is 0. The average Bonchev–Trinajstić information content (AvgIpc) is 2.22. The molecule has 1 saturated carbocycles. The highest BCUT2D eigenvalue weighted by atomic mass is 16.1. The molecule has 1 atom stereocenters. The topological polar surface area (TPSA) is 17.1 Å². The number of hydrogen-bond donors (Lipinski definition) is 0. The quantitative estimate of drug-likeness (QED) is 0.595. The lowest BCUT2D eigenvalue weighted by molar-refractivity contribution is -0.133. The van der Waals surface area contributed by atoms with E-state index in [0.717, 1.165) is 32.1 Å². The van der Waals surface area contributed by atoms with Crippen molar-refractivity contribution in [3.05, 3.63) is 0 Å². The maximum absolute atomic E-state index is 12.2. The fourth-order valence-electron chi connectivity index (χ4n) is 3.23. The molecule has 94 valence electrons. The van der Waals surface area contributed by atoms with Gasteiger partial charge in [-0.05, 0) is 31.6 Å². The first-order valence-corrected chi connectivity index (χ1v) is 7.14. The van der Waals surface area contributed by atoms with Gasteiger partial charge in [0, 0.05) is 11.8 Å². The van der Waals surface area contributed by atoms with Crippen molar-refractivity contribution in [1.82, 2.24) is 0 Å². The third kappa shape index (κ3) is 3.61. The number of carbonyl (C=O) groups is 1. The molecular weight excluding hydrogens is 196 g/mol. The Bertz CT molecular complexity index is 219. The number of ketones is 1. The maximum Gasteiger partial charge on any atom is 0.139 e. The summed E-state index contributed by atoms with van der Waals surface area (Å²) in [6, 6.07) is 0. The Hall–Kier alpha value is -0.330. The first-order valence-electron chi connectivity index (χ1n) is 7.14. The Labute approximate surface area is 101 Å². The molecule has 16 heavy (non-hydrogen) atoms. The van der Waals surface area contributed by atoms with Crippen molar-refractivity contribution in [3.8, 4) is 0 Å². The largest absolute Gasteiger partial charge is 0.299 e. The van der Waals surface area contributed by atoms with Crippen LogP contribution in [0.25, 0.3) is 0 Å². The molecule has 0 aromatic heterocycles. The second kappa shape index (κ2) is 6.42. The van der Waals surface area contributed by atoms with Crippen LogP contribution in [0.3, 0.4) is 0 Å². The van der Waals surface area contributed by atoms with Crippen LogP contribution in [0.1, 0.15) is 78.6 Å². The molecule has 1 nitrogen and oxygen atoms in total. The minimum absolute atomic E-state index is 0.0710. The second-order valence-corrected chi connectivity index (χ2v) is 5.97. The third-order valence-electron chi connectivity index (χ3n) is 3.96. The first kappa shape index (κ1) is 13.7. The molecule has 0 aliphatic heterocycles. The molecule has 0 bridgehead atoms. The van der Waals surface area contributed by atoms with Crippen molar-refractivity contribution in [2.75, 3.05) is 0 Å². The molecule has 0 radical (unpaired) electrons. The van der Waals surface area contributed by atoms with Crippen LogP contribution in [0.5, 0.6) is 0 Å². The van der Waals surface area contributed by atoms with Crippen LogP contribution in [-0.4, -0.2) is 5.78 Å². The summed E-state index contributed by atoms with van der Waals surface area (Å²) >= 11 is 0. The summed E-state index contributed by atoms with van der Waals surface area (Å²) in [5.41, 5.74) is 0.0710. The van der Waals surface area contributed by atoms with Gasteiger partial charge < -0.3 is 0 Å². The van der Waals surface area contributed by atoms with E-state index in [1.54, 1.807) is 0 Å². The van der Waals surface area contributed by atoms with Gasteiger partial charge in [0.2, 0.25) is 0 Å². The Morgan fingerprint density at radius 3 is 2.56 bits per heavy atom. The van der Waals surface area contributed by atoms with Gasteiger partial charge in [0.15, 0.2) is 0 Å². The van der Waals surface area contributed by atoms with Gasteiger partial charge in [-0.1, -0.05) is 46.5 Å². The lowest BCUT2D eigenvalue weighted by Gasteiger charge is -2.37. The SMILES string of the molecule is CCCCCC1(CC(C)C)CCCCC1=O. The van der Waals surface area contributed by atoms with Crippen LogP contribution in [-0.2, 0) is 4.79 Å². The fourth-order valence-corrected chi connectivity index (χ4v) is 3.23. The summed E-state index contributed by atoms with van der Waals surface area (Å²) in [6.45, 7) is 6.74. The second-order valence-electron chi connectivity index (χ2n) is 5.97. The van der Waals surface area contributed by atoms with E-state index in [2.05, 4.69) is 20.8 Å². The Morgan fingerprint density at radius 1 is 1.25 bits per heavy atom. The normalized spacial score (nSPS) is 26.4. The molecule has 1 aliphatic rings. The number of unbranched alkanes of at least 4 members (excludes halogenated alkanes) is 2. The van der Waals surface area contributed by atoms with E-state index < -0.39 is 0 Å². The van der Waals surface area contributed by atoms with Gasteiger partial charge >= 0.3 is 0 Å². The Kier molecular flexibility index (Phi) is 5.51. The van der Waals surface area contributed by atoms with Crippen LogP contribution in [0, 0.1) is 11.3 Å². The molecule has 1 fully saturated rings. The standard InChI is InChI=1S/C15H28O/c1-4-5-7-10-15(12-13(2)3)11-8-6-9-14(15)16/h13H,4-12H2,1-3H3. The molecule has 0 amide bonds. The van der Waals surface area contributed by atoms with Crippen LogP contribution < -0.4 is 0 Å². The zero-order valence-electron chi connectivity index (χ0n) is 11.3. The summed E-state index contributed by atoms with van der Waals surface area (Å²) in [5.74, 6) is 1.23. The molecule has 1 unspecified atom stereocenters. The molecule has 1 heteroatoms. The van der Waals surface area contributed by atoms with Crippen molar-refractivity contribution in [2.24, 2.45) is 11.3 Å². The highest BCUT2D eigenvalue weighted by Gasteiger charge is 2.39. The smallest absolute Gasteiger partial charge is 0.139 e.